The van der Waals surface area contributed by atoms with Gasteiger partial charge in [-0.15, -0.1) is 0 Å². The number of para-hydroxylation sites is 1. The largest absolute Gasteiger partial charge is 0.379 e. The first-order valence-corrected chi connectivity index (χ1v) is 6.53. The highest BCUT2D eigenvalue weighted by atomic mass is 16.5. The minimum absolute atomic E-state index is 0.119. The molecule has 1 saturated heterocycles. The third-order valence-corrected chi connectivity index (χ3v) is 3.43. The van der Waals surface area contributed by atoms with Crippen LogP contribution in [0.25, 0.3) is 0 Å². The molecule has 1 amide bonds. The van der Waals surface area contributed by atoms with E-state index >= 15 is 0 Å². The molecule has 1 aliphatic rings. The highest BCUT2D eigenvalue weighted by molar-refractivity contribution is 5.86. The maximum atomic E-state index is 12.0. The molecule has 0 spiro atoms. The highest BCUT2D eigenvalue weighted by Crippen LogP contribution is 2.15. The van der Waals surface area contributed by atoms with Gasteiger partial charge in [-0.2, -0.15) is 0 Å². The molecule has 0 radical (unpaired) electrons. The number of carbonyl (C=O) groups excluding carboxylic acids is 1. The molecule has 5 heteroatoms. The number of benzene rings is 1. The minimum atomic E-state index is -0.842. The summed E-state index contributed by atoms with van der Waals surface area (Å²) in [5.41, 5.74) is 6.27. The SMILES string of the molecule is CN(CCNC(=O)C1(N)CCOC1)c1ccccc1. The molecule has 3 N–H and O–H groups in total. The lowest BCUT2D eigenvalue weighted by Crippen LogP contribution is -2.55. The average molecular weight is 263 g/mol. The maximum Gasteiger partial charge on any atom is 0.242 e. The van der Waals surface area contributed by atoms with Crippen LogP contribution in [0.4, 0.5) is 5.69 Å². The molecule has 1 aliphatic heterocycles. The Hall–Kier alpha value is -1.59. The fourth-order valence-electron chi connectivity index (χ4n) is 2.08. The lowest BCUT2D eigenvalue weighted by molar-refractivity contribution is -0.126. The van der Waals surface area contributed by atoms with Gasteiger partial charge in [-0.05, 0) is 18.6 Å². The number of ether oxygens (including phenoxy) is 1. The summed E-state index contributed by atoms with van der Waals surface area (Å²) < 4.78 is 5.18. The Kier molecular flexibility index (Phi) is 4.39. The third-order valence-electron chi connectivity index (χ3n) is 3.43. The molecule has 0 saturated carbocycles. The van der Waals surface area contributed by atoms with Crippen molar-refractivity contribution in [1.29, 1.82) is 0 Å². The molecule has 19 heavy (non-hydrogen) atoms. The van der Waals surface area contributed by atoms with E-state index in [0.717, 1.165) is 12.2 Å². The van der Waals surface area contributed by atoms with Crippen LogP contribution < -0.4 is 16.0 Å². The monoisotopic (exact) mass is 263 g/mol. The van der Waals surface area contributed by atoms with Gasteiger partial charge < -0.3 is 20.7 Å². The summed E-state index contributed by atoms with van der Waals surface area (Å²) in [5.74, 6) is -0.119. The van der Waals surface area contributed by atoms with Crippen molar-refractivity contribution in [1.82, 2.24) is 5.32 Å². The van der Waals surface area contributed by atoms with Crippen molar-refractivity contribution in [3.63, 3.8) is 0 Å². The van der Waals surface area contributed by atoms with Crippen molar-refractivity contribution < 1.29 is 9.53 Å². The molecule has 1 aromatic rings. The van der Waals surface area contributed by atoms with Gasteiger partial charge >= 0.3 is 0 Å². The first-order chi connectivity index (χ1) is 9.12. The van der Waals surface area contributed by atoms with Gasteiger partial charge in [0.25, 0.3) is 0 Å². The molecular formula is C14H21N3O2. The van der Waals surface area contributed by atoms with Gasteiger partial charge in [-0.1, -0.05) is 18.2 Å². The van der Waals surface area contributed by atoms with Gasteiger partial charge in [-0.3, -0.25) is 4.79 Å². The highest BCUT2D eigenvalue weighted by Gasteiger charge is 2.37. The van der Waals surface area contributed by atoms with Crippen LogP contribution in [-0.2, 0) is 9.53 Å². The Morgan fingerprint density at radius 3 is 2.84 bits per heavy atom. The van der Waals surface area contributed by atoms with Crippen molar-refractivity contribution >= 4 is 11.6 Å². The first kappa shape index (κ1) is 13.8. The van der Waals surface area contributed by atoms with E-state index in [1.54, 1.807) is 0 Å². The number of amides is 1. The molecule has 1 fully saturated rings. The second-order valence-electron chi connectivity index (χ2n) is 4.97. The molecular weight excluding hydrogens is 242 g/mol. The van der Waals surface area contributed by atoms with Gasteiger partial charge in [0, 0.05) is 32.4 Å². The molecule has 5 nitrogen and oxygen atoms in total. The number of nitrogens with zero attached hydrogens (tertiary/aromatic N) is 1. The lowest BCUT2D eigenvalue weighted by Gasteiger charge is -2.23. The number of anilines is 1. The predicted octanol–water partition coefficient (Wildman–Crippen LogP) is 0.357. The van der Waals surface area contributed by atoms with E-state index in [9.17, 15) is 4.79 Å². The molecule has 104 valence electrons. The number of nitrogens with one attached hydrogen (secondary N) is 1. The molecule has 1 atom stereocenters. The van der Waals surface area contributed by atoms with Crippen LogP contribution in [0, 0.1) is 0 Å². The zero-order valence-corrected chi connectivity index (χ0v) is 11.3. The van der Waals surface area contributed by atoms with Gasteiger partial charge in [0.2, 0.25) is 5.91 Å². The zero-order chi connectivity index (χ0) is 13.7. The second kappa shape index (κ2) is 6.04. The summed E-state index contributed by atoms with van der Waals surface area (Å²) in [4.78, 5) is 14.0. The number of carbonyl (C=O) groups is 1. The van der Waals surface area contributed by atoms with Crippen LogP contribution in [0.1, 0.15) is 6.42 Å². The predicted molar refractivity (Wildman–Crippen MR) is 75.1 cm³/mol. The van der Waals surface area contributed by atoms with E-state index in [1.807, 2.05) is 37.4 Å². The number of rotatable bonds is 5. The first-order valence-electron chi connectivity index (χ1n) is 6.53. The van der Waals surface area contributed by atoms with Crippen LogP contribution >= 0.6 is 0 Å². The van der Waals surface area contributed by atoms with Gasteiger partial charge in [0.05, 0.1) is 6.61 Å². The number of likely N-dealkylation sites (N-methyl/N-ethyl adjacent to an activating group) is 1. The maximum absolute atomic E-state index is 12.0. The Bertz CT molecular complexity index is 416. The molecule has 1 unspecified atom stereocenters. The van der Waals surface area contributed by atoms with Crippen molar-refractivity contribution in [3.05, 3.63) is 30.3 Å². The zero-order valence-electron chi connectivity index (χ0n) is 11.3. The Labute approximate surface area is 113 Å². The van der Waals surface area contributed by atoms with Crippen molar-refractivity contribution in [2.75, 3.05) is 38.3 Å². The fraction of sp³-hybridized carbons (Fsp3) is 0.500. The van der Waals surface area contributed by atoms with Crippen LogP contribution in [0.3, 0.4) is 0 Å². The van der Waals surface area contributed by atoms with E-state index < -0.39 is 5.54 Å². The summed E-state index contributed by atoms with van der Waals surface area (Å²) in [7, 11) is 2.00. The Balaban J connectivity index is 1.76. The van der Waals surface area contributed by atoms with E-state index in [1.165, 1.54) is 0 Å². The van der Waals surface area contributed by atoms with Crippen LogP contribution in [0.5, 0.6) is 0 Å². The quantitative estimate of drug-likeness (QED) is 0.805. The molecule has 0 aliphatic carbocycles. The van der Waals surface area contributed by atoms with Gasteiger partial charge in [0.15, 0.2) is 0 Å². The minimum Gasteiger partial charge on any atom is -0.379 e. The van der Waals surface area contributed by atoms with E-state index in [2.05, 4.69) is 10.2 Å². The molecule has 2 rings (SSSR count). The summed E-state index contributed by atoms with van der Waals surface area (Å²) in [5, 5.41) is 2.88. The van der Waals surface area contributed by atoms with Gasteiger partial charge in [-0.25, -0.2) is 0 Å². The summed E-state index contributed by atoms with van der Waals surface area (Å²) in [6.07, 6.45) is 0.591. The molecule has 1 aromatic carbocycles. The fourth-order valence-corrected chi connectivity index (χ4v) is 2.08. The van der Waals surface area contributed by atoms with Gasteiger partial charge in [0.1, 0.15) is 5.54 Å². The van der Waals surface area contributed by atoms with Crippen molar-refractivity contribution in [2.45, 2.75) is 12.0 Å². The van der Waals surface area contributed by atoms with E-state index in [-0.39, 0.29) is 5.91 Å². The smallest absolute Gasteiger partial charge is 0.242 e. The summed E-state index contributed by atoms with van der Waals surface area (Å²) in [6.45, 7) is 2.19. The topological polar surface area (TPSA) is 67.6 Å². The van der Waals surface area contributed by atoms with Crippen LogP contribution in [-0.4, -0.2) is 44.8 Å². The van der Waals surface area contributed by atoms with Crippen molar-refractivity contribution in [3.8, 4) is 0 Å². The van der Waals surface area contributed by atoms with E-state index in [0.29, 0.717) is 26.2 Å². The number of hydrogen-bond donors (Lipinski definition) is 2. The standard InChI is InChI=1S/C14H21N3O2/c1-17(12-5-3-2-4-6-12)9-8-16-13(18)14(15)7-10-19-11-14/h2-6H,7-11,15H2,1H3,(H,16,18). The normalized spacial score (nSPS) is 22.2. The molecule has 0 aromatic heterocycles. The summed E-state index contributed by atoms with van der Waals surface area (Å²) >= 11 is 0. The lowest BCUT2D eigenvalue weighted by atomic mass is 9.99. The number of nitrogens with two attached hydrogens (primary N) is 1. The molecule has 0 bridgehead atoms. The average Bonchev–Trinajstić information content (AvgIpc) is 2.88. The van der Waals surface area contributed by atoms with E-state index in [4.69, 9.17) is 10.5 Å². The van der Waals surface area contributed by atoms with Crippen molar-refractivity contribution in [2.24, 2.45) is 5.73 Å². The second-order valence-corrected chi connectivity index (χ2v) is 4.97. The van der Waals surface area contributed by atoms with Crippen LogP contribution in [0.15, 0.2) is 30.3 Å². The summed E-state index contributed by atoms with van der Waals surface area (Å²) in [6, 6.07) is 10.1. The van der Waals surface area contributed by atoms with Crippen LogP contribution in [0.2, 0.25) is 0 Å². The third kappa shape index (κ3) is 3.45. The number of hydrogen-bond acceptors (Lipinski definition) is 4. The Morgan fingerprint density at radius 1 is 1.47 bits per heavy atom. The Morgan fingerprint density at radius 2 is 2.21 bits per heavy atom. The molecule has 1 heterocycles.